The molecule has 0 radical (unpaired) electrons. The fourth-order valence-electron chi connectivity index (χ4n) is 2.38. The van der Waals surface area contributed by atoms with Gasteiger partial charge in [0, 0.05) is 13.1 Å². The van der Waals surface area contributed by atoms with E-state index in [0.29, 0.717) is 39.1 Å². The zero-order valence-corrected chi connectivity index (χ0v) is 14.3. The molecule has 1 amide bonds. The number of hydrogen-bond donors (Lipinski definition) is 0. The van der Waals surface area contributed by atoms with Crippen LogP contribution in [0.1, 0.15) is 25.3 Å². The Labute approximate surface area is 137 Å². The second-order valence-corrected chi connectivity index (χ2v) is 7.15. The van der Waals surface area contributed by atoms with Gasteiger partial charge >= 0.3 is 0 Å². The summed E-state index contributed by atoms with van der Waals surface area (Å²) in [4.78, 5) is 14.2. The van der Waals surface area contributed by atoms with E-state index in [-0.39, 0.29) is 10.8 Å². The van der Waals surface area contributed by atoms with Gasteiger partial charge in [-0.1, -0.05) is 31.0 Å². The Bertz CT molecular complexity index is 620. The molecular formula is C16H23NO5S. The van der Waals surface area contributed by atoms with Crippen molar-refractivity contribution in [2.45, 2.75) is 37.7 Å². The van der Waals surface area contributed by atoms with Crippen molar-refractivity contribution in [3.05, 3.63) is 29.8 Å². The van der Waals surface area contributed by atoms with E-state index in [1.165, 1.54) is 12.1 Å². The normalized spacial score (nSPS) is 17.0. The van der Waals surface area contributed by atoms with Crippen molar-refractivity contribution in [3.8, 4) is 0 Å². The third-order valence-electron chi connectivity index (χ3n) is 3.70. The summed E-state index contributed by atoms with van der Waals surface area (Å²) in [5.74, 6) is -0.286. The van der Waals surface area contributed by atoms with Gasteiger partial charge < -0.3 is 9.64 Å². The molecule has 0 aromatic heterocycles. The number of amides is 1. The summed E-state index contributed by atoms with van der Waals surface area (Å²) in [7, 11) is -3.96. The molecule has 6 nitrogen and oxygen atoms in total. The maximum atomic E-state index is 12.5. The third-order valence-corrected chi connectivity index (χ3v) is 5.04. The van der Waals surface area contributed by atoms with Crippen LogP contribution in [-0.2, 0) is 23.8 Å². The summed E-state index contributed by atoms with van der Waals surface area (Å²) in [5.41, 5.74) is 0.957. The van der Waals surface area contributed by atoms with Crippen molar-refractivity contribution in [1.82, 2.24) is 4.90 Å². The number of nitrogens with zero attached hydrogens (tertiary/aromatic N) is 1. The van der Waals surface area contributed by atoms with Crippen molar-refractivity contribution < 1.29 is 22.1 Å². The lowest BCUT2D eigenvalue weighted by atomic mass is 10.2. The van der Waals surface area contributed by atoms with Gasteiger partial charge in [-0.2, -0.15) is 8.42 Å². The molecule has 1 aromatic carbocycles. The van der Waals surface area contributed by atoms with Crippen LogP contribution < -0.4 is 0 Å². The topological polar surface area (TPSA) is 72.9 Å². The van der Waals surface area contributed by atoms with Crippen LogP contribution in [0, 0.1) is 6.92 Å². The van der Waals surface area contributed by atoms with Crippen LogP contribution in [0.15, 0.2) is 29.2 Å². The van der Waals surface area contributed by atoms with Gasteiger partial charge in [-0.3, -0.25) is 8.98 Å². The van der Waals surface area contributed by atoms with Gasteiger partial charge in [0.1, 0.15) is 0 Å². The highest BCUT2D eigenvalue weighted by Crippen LogP contribution is 2.19. The van der Waals surface area contributed by atoms with E-state index < -0.39 is 16.2 Å². The molecule has 128 valence electrons. The van der Waals surface area contributed by atoms with E-state index in [9.17, 15) is 13.2 Å². The van der Waals surface area contributed by atoms with Gasteiger partial charge in [-0.15, -0.1) is 0 Å². The van der Waals surface area contributed by atoms with E-state index in [1.54, 1.807) is 17.0 Å². The summed E-state index contributed by atoms with van der Waals surface area (Å²) < 4.78 is 35.3. The molecule has 23 heavy (non-hydrogen) atoms. The molecule has 0 bridgehead atoms. The fourth-order valence-corrected chi connectivity index (χ4v) is 3.44. The summed E-state index contributed by atoms with van der Waals surface area (Å²) in [6.45, 7) is 5.63. The van der Waals surface area contributed by atoms with Crippen molar-refractivity contribution in [3.63, 3.8) is 0 Å². The molecule has 1 fully saturated rings. The molecule has 0 aliphatic carbocycles. The average molecular weight is 341 g/mol. The molecule has 0 N–H and O–H groups in total. The Morgan fingerprint density at radius 3 is 2.43 bits per heavy atom. The van der Waals surface area contributed by atoms with Crippen molar-refractivity contribution >= 4 is 16.0 Å². The minimum atomic E-state index is -3.96. The second-order valence-electron chi connectivity index (χ2n) is 5.58. The smallest absolute Gasteiger partial charge is 0.297 e. The maximum absolute atomic E-state index is 12.5. The standard InChI is InChI=1S/C16H23NO5S/c1-3-4-15(16(18)17-9-11-21-12-10-17)22-23(19,20)14-7-5-13(2)6-8-14/h5-8,15H,3-4,9-12H2,1-2H3. The first-order chi connectivity index (χ1) is 10.9. The van der Waals surface area contributed by atoms with E-state index in [0.717, 1.165) is 5.56 Å². The molecule has 0 saturated carbocycles. The largest absolute Gasteiger partial charge is 0.378 e. The molecule has 1 aliphatic heterocycles. The zero-order valence-electron chi connectivity index (χ0n) is 13.5. The number of carbonyl (C=O) groups excluding carboxylic acids is 1. The van der Waals surface area contributed by atoms with Gasteiger partial charge in [0.25, 0.3) is 16.0 Å². The quantitative estimate of drug-likeness (QED) is 0.737. The van der Waals surface area contributed by atoms with Gasteiger partial charge in [-0.25, -0.2) is 0 Å². The number of aryl methyl sites for hydroxylation is 1. The highest BCUT2D eigenvalue weighted by molar-refractivity contribution is 7.86. The summed E-state index contributed by atoms with van der Waals surface area (Å²) >= 11 is 0. The second kappa shape index (κ2) is 7.90. The fraction of sp³-hybridized carbons (Fsp3) is 0.562. The Balaban J connectivity index is 2.14. The summed E-state index contributed by atoms with van der Waals surface area (Å²) in [5, 5.41) is 0. The third kappa shape index (κ3) is 4.76. The average Bonchev–Trinajstić information content (AvgIpc) is 2.55. The SMILES string of the molecule is CCCC(OS(=O)(=O)c1ccc(C)cc1)C(=O)N1CCOCC1. The Hall–Kier alpha value is -1.44. The maximum Gasteiger partial charge on any atom is 0.297 e. The van der Waals surface area contributed by atoms with Gasteiger partial charge in [0.2, 0.25) is 0 Å². The van der Waals surface area contributed by atoms with Crippen LogP contribution >= 0.6 is 0 Å². The number of carbonyl (C=O) groups is 1. The van der Waals surface area contributed by atoms with Crippen LogP contribution in [-0.4, -0.2) is 51.6 Å². The van der Waals surface area contributed by atoms with E-state index in [2.05, 4.69) is 0 Å². The van der Waals surface area contributed by atoms with E-state index in [1.807, 2.05) is 13.8 Å². The van der Waals surface area contributed by atoms with Gasteiger partial charge in [0.15, 0.2) is 6.10 Å². The molecular weight excluding hydrogens is 318 g/mol. The minimum Gasteiger partial charge on any atom is -0.378 e. The number of rotatable bonds is 6. The van der Waals surface area contributed by atoms with Crippen LogP contribution in [0.25, 0.3) is 0 Å². The first-order valence-electron chi connectivity index (χ1n) is 7.80. The van der Waals surface area contributed by atoms with Gasteiger partial charge in [0.05, 0.1) is 18.1 Å². The minimum absolute atomic E-state index is 0.0685. The predicted octanol–water partition coefficient (Wildman–Crippen LogP) is 1.73. The molecule has 1 aromatic rings. The lowest BCUT2D eigenvalue weighted by Gasteiger charge is -2.30. The summed E-state index contributed by atoms with van der Waals surface area (Å²) in [6, 6.07) is 6.39. The molecule has 1 heterocycles. The molecule has 1 aliphatic rings. The number of morpholine rings is 1. The van der Waals surface area contributed by atoms with Crippen molar-refractivity contribution in [2.24, 2.45) is 0 Å². The number of hydrogen-bond acceptors (Lipinski definition) is 5. The molecule has 0 spiro atoms. The van der Waals surface area contributed by atoms with Crippen LogP contribution in [0.4, 0.5) is 0 Å². The van der Waals surface area contributed by atoms with E-state index in [4.69, 9.17) is 8.92 Å². The van der Waals surface area contributed by atoms with E-state index >= 15 is 0 Å². The van der Waals surface area contributed by atoms with Crippen molar-refractivity contribution in [2.75, 3.05) is 26.3 Å². The molecule has 2 rings (SSSR count). The first-order valence-corrected chi connectivity index (χ1v) is 9.21. The predicted molar refractivity (Wildman–Crippen MR) is 85.5 cm³/mol. The molecule has 1 saturated heterocycles. The van der Waals surface area contributed by atoms with Gasteiger partial charge in [-0.05, 0) is 25.5 Å². The highest BCUT2D eigenvalue weighted by Gasteiger charge is 2.31. The van der Waals surface area contributed by atoms with Crippen LogP contribution in [0.3, 0.4) is 0 Å². The monoisotopic (exact) mass is 341 g/mol. The number of benzene rings is 1. The first kappa shape index (κ1) is 17.9. The Morgan fingerprint density at radius 1 is 1.26 bits per heavy atom. The summed E-state index contributed by atoms with van der Waals surface area (Å²) in [6.07, 6.45) is 0.0373. The zero-order chi connectivity index (χ0) is 16.9. The molecule has 7 heteroatoms. The van der Waals surface area contributed by atoms with Crippen LogP contribution in [0.5, 0.6) is 0 Å². The van der Waals surface area contributed by atoms with Crippen molar-refractivity contribution in [1.29, 1.82) is 0 Å². The molecule has 1 atom stereocenters. The number of ether oxygens (including phenoxy) is 1. The van der Waals surface area contributed by atoms with Crippen LogP contribution in [0.2, 0.25) is 0 Å². The Morgan fingerprint density at radius 2 is 1.87 bits per heavy atom. The Kier molecular flexibility index (Phi) is 6.15. The lowest BCUT2D eigenvalue weighted by Crippen LogP contribution is -2.46. The highest BCUT2D eigenvalue weighted by atomic mass is 32.2. The molecule has 1 unspecified atom stereocenters. The lowest BCUT2D eigenvalue weighted by molar-refractivity contribution is -0.143.